The fraction of sp³-hybridized carbons (Fsp3) is 0.548. The van der Waals surface area contributed by atoms with Crippen LogP contribution in [0.2, 0.25) is 0 Å². The Labute approximate surface area is 257 Å². The van der Waals surface area contributed by atoms with Crippen molar-refractivity contribution in [2.45, 2.75) is 74.5 Å². The van der Waals surface area contributed by atoms with E-state index in [1.54, 1.807) is 48.5 Å². The van der Waals surface area contributed by atoms with Crippen LogP contribution in [0.4, 0.5) is 11.4 Å². The normalized spacial score (nSPS) is 27.9. The molecule has 3 saturated heterocycles. The number of nitrogens with one attached hydrogen (secondary N) is 4. The first-order chi connectivity index (χ1) is 20.8. The molecule has 2 aromatic carbocycles. The molecule has 0 aliphatic carbocycles. The zero-order chi connectivity index (χ0) is 30.3. The van der Waals surface area contributed by atoms with Crippen molar-refractivity contribution in [2.24, 2.45) is 0 Å². The summed E-state index contributed by atoms with van der Waals surface area (Å²) in [4.78, 5) is 27.4. The molecule has 0 bridgehead atoms. The fourth-order valence-electron chi connectivity index (χ4n) is 5.91. The number of hydrogen-bond acceptors (Lipinski definition) is 10. The van der Waals surface area contributed by atoms with E-state index in [0.29, 0.717) is 66.0 Å². The molecule has 0 spiro atoms. The summed E-state index contributed by atoms with van der Waals surface area (Å²) >= 11 is 2.00. The van der Waals surface area contributed by atoms with Gasteiger partial charge < -0.3 is 37.3 Å². The summed E-state index contributed by atoms with van der Waals surface area (Å²) in [5, 5.41) is 23.6. The molecule has 0 saturated carbocycles. The highest BCUT2D eigenvalue weighted by Crippen LogP contribution is 2.35. The van der Waals surface area contributed by atoms with E-state index in [1.165, 1.54) is 0 Å². The summed E-state index contributed by atoms with van der Waals surface area (Å²) in [7, 11) is 0. The Hall–Kier alpha value is -2.87. The summed E-state index contributed by atoms with van der Waals surface area (Å²) in [6.07, 6.45) is 3.96. The Morgan fingerprint density at radius 1 is 0.930 bits per heavy atom. The Morgan fingerprint density at radius 2 is 1.49 bits per heavy atom. The molecule has 3 aliphatic heterocycles. The van der Waals surface area contributed by atoms with Crippen molar-refractivity contribution < 1.29 is 19.4 Å². The SMILES string of the molecule is CC1NC2C(CSC2CCCCC2OC2N(CCNC(=O)c2ccc(N)cc2)CCNC(=O)c2ccc(N)cc2)NC1O. The van der Waals surface area contributed by atoms with Gasteiger partial charge >= 0.3 is 0 Å². The molecular formula is C31H45N7O4S. The van der Waals surface area contributed by atoms with E-state index in [2.05, 4.69) is 26.2 Å². The maximum Gasteiger partial charge on any atom is 0.251 e. The first kappa shape index (κ1) is 31.6. The van der Waals surface area contributed by atoms with Gasteiger partial charge in [0.2, 0.25) is 0 Å². The van der Waals surface area contributed by atoms with Gasteiger partial charge in [-0.15, -0.1) is 0 Å². The van der Waals surface area contributed by atoms with E-state index in [9.17, 15) is 14.7 Å². The highest BCUT2D eigenvalue weighted by Gasteiger charge is 2.44. The Morgan fingerprint density at radius 3 is 2.07 bits per heavy atom. The average molecular weight is 612 g/mol. The second-order valence-corrected chi connectivity index (χ2v) is 13.0. The number of amides is 2. The van der Waals surface area contributed by atoms with Crippen LogP contribution in [0.25, 0.3) is 0 Å². The maximum atomic E-state index is 12.6. The van der Waals surface area contributed by atoms with Crippen LogP contribution in [0.15, 0.2) is 48.5 Å². The highest BCUT2D eigenvalue weighted by atomic mass is 32.2. The molecule has 234 valence electrons. The molecule has 2 amide bonds. The lowest BCUT2D eigenvalue weighted by molar-refractivity contribution is 0.0499. The fourth-order valence-corrected chi connectivity index (χ4v) is 7.48. The van der Waals surface area contributed by atoms with Gasteiger partial charge in [0, 0.05) is 77.8 Å². The number of carbonyl (C=O) groups excluding carboxylic acids is 2. The van der Waals surface area contributed by atoms with Gasteiger partial charge in [-0.3, -0.25) is 19.8 Å². The number of piperazine rings is 1. The second kappa shape index (κ2) is 14.7. The van der Waals surface area contributed by atoms with E-state index in [1.807, 2.05) is 18.7 Å². The van der Waals surface area contributed by atoms with E-state index in [0.717, 1.165) is 31.4 Å². The number of aliphatic hydroxyl groups excluding tert-OH is 1. The molecule has 3 aliphatic rings. The molecule has 9 N–H and O–H groups in total. The standard InChI is InChI=1S/C31H45N7O4S/c1-19-28(39)37-24-18-43-26(27(24)36-19)5-3-2-4-25-31(42-25)38(16-14-34-29(40)20-6-10-22(32)11-7-20)17-15-35-30(41)21-8-12-23(33)13-9-21/h6-13,19,24-28,31,36-37,39H,2-5,14-18,32-33H2,1H3,(H,34,40)(H,35,41). The number of anilines is 2. The van der Waals surface area contributed by atoms with Crippen molar-refractivity contribution >= 4 is 35.0 Å². The lowest BCUT2D eigenvalue weighted by Gasteiger charge is -2.38. The third kappa shape index (κ3) is 8.62. The molecule has 12 heteroatoms. The zero-order valence-corrected chi connectivity index (χ0v) is 25.5. The van der Waals surface area contributed by atoms with Crippen molar-refractivity contribution in [2.75, 3.05) is 43.4 Å². The molecule has 43 heavy (non-hydrogen) atoms. The zero-order valence-electron chi connectivity index (χ0n) is 24.7. The second-order valence-electron chi connectivity index (χ2n) is 11.7. The number of ether oxygens (including phenoxy) is 1. The number of benzene rings is 2. The lowest BCUT2D eigenvalue weighted by atomic mass is 9.97. The molecule has 0 radical (unpaired) electrons. The van der Waals surface area contributed by atoms with Gasteiger partial charge in [-0.2, -0.15) is 11.8 Å². The summed E-state index contributed by atoms with van der Waals surface area (Å²) in [6.45, 7) is 4.14. The van der Waals surface area contributed by atoms with Gasteiger partial charge in [-0.05, 0) is 68.3 Å². The molecular weight excluding hydrogens is 566 g/mol. The summed E-state index contributed by atoms with van der Waals surface area (Å²) < 4.78 is 6.09. The number of aliphatic hydroxyl groups is 1. The van der Waals surface area contributed by atoms with E-state index in [4.69, 9.17) is 16.2 Å². The number of nitrogen functional groups attached to an aromatic ring is 2. The van der Waals surface area contributed by atoms with Crippen molar-refractivity contribution in [1.29, 1.82) is 0 Å². The molecule has 2 aromatic rings. The van der Waals surface area contributed by atoms with E-state index >= 15 is 0 Å². The van der Waals surface area contributed by atoms with Crippen molar-refractivity contribution in [3.05, 3.63) is 59.7 Å². The monoisotopic (exact) mass is 611 g/mol. The number of nitrogens with zero attached hydrogens (tertiary/aromatic N) is 1. The number of carbonyl (C=O) groups is 2. The quantitative estimate of drug-likeness (QED) is 0.0940. The van der Waals surface area contributed by atoms with Gasteiger partial charge in [0.25, 0.3) is 11.8 Å². The van der Waals surface area contributed by atoms with Crippen LogP contribution in [0, 0.1) is 0 Å². The molecule has 11 nitrogen and oxygen atoms in total. The first-order valence-corrected chi connectivity index (χ1v) is 16.3. The molecule has 0 aromatic heterocycles. The summed E-state index contributed by atoms with van der Waals surface area (Å²) in [5.74, 6) is 0.727. The van der Waals surface area contributed by atoms with Gasteiger partial charge in [0.1, 0.15) is 12.5 Å². The molecule has 3 fully saturated rings. The topological polar surface area (TPSA) is 170 Å². The Balaban J connectivity index is 1.07. The Bertz CT molecular complexity index is 1150. The molecule has 5 rings (SSSR count). The van der Waals surface area contributed by atoms with Crippen LogP contribution in [-0.2, 0) is 4.74 Å². The number of fused-ring (bicyclic) bond motifs is 1. The third-order valence-corrected chi connectivity index (χ3v) is 10.0. The number of hydrogen-bond donors (Lipinski definition) is 7. The number of unbranched alkanes of at least 4 members (excludes halogenated alkanes) is 1. The minimum Gasteiger partial charge on any atom is -0.399 e. The average Bonchev–Trinajstić information content (AvgIpc) is 3.67. The van der Waals surface area contributed by atoms with Crippen molar-refractivity contribution in [1.82, 2.24) is 26.2 Å². The third-order valence-electron chi connectivity index (χ3n) is 8.50. The maximum absolute atomic E-state index is 12.6. The smallest absolute Gasteiger partial charge is 0.251 e. The highest BCUT2D eigenvalue weighted by molar-refractivity contribution is 8.00. The predicted molar refractivity (Wildman–Crippen MR) is 171 cm³/mol. The van der Waals surface area contributed by atoms with Gasteiger partial charge in [-0.25, -0.2) is 0 Å². The number of rotatable bonds is 14. The molecule has 3 heterocycles. The predicted octanol–water partition coefficient (Wildman–Crippen LogP) is 1.35. The van der Waals surface area contributed by atoms with Crippen LogP contribution < -0.4 is 32.7 Å². The number of nitrogens with two attached hydrogens (primary N) is 2. The lowest BCUT2D eigenvalue weighted by Crippen LogP contribution is -2.65. The van der Waals surface area contributed by atoms with Crippen molar-refractivity contribution in [3.8, 4) is 0 Å². The van der Waals surface area contributed by atoms with Crippen LogP contribution in [0.3, 0.4) is 0 Å². The largest absolute Gasteiger partial charge is 0.399 e. The number of thioether (sulfide) groups is 1. The summed E-state index contributed by atoms with van der Waals surface area (Å²) in [5.41, 5.74) is 13.8. The van der Waals surface area contributed by atoms with E-state index in [-0.39, 0.29) is 30.2 Å². The van der Waals surface area contributed by atoms with E-state index < -0.39 is 6.23 Å². The van der Waals surface area contributed by atoms with Crippen LogP contribution in [0.1, 0.15) is 53.3 Å². The van der Waals surface area contributed by atoms with Gasteiger partial charge in [-0.1, -0.05) is 12.8 Å². The summed E-state index contributed by atoms with van der Waals surface area (Å²) in [6, 6.07) is 14.5. The minimum absolute atomic E-state index is 0.0290. The molecule has 7 unspecified atom stereocenters. The van der Waals surface area contributed by atoms with Gasteiger partial charge in [0.15, 0.2) is 0 Å². The number of epoxide rings is 1. The van der Waals surface area contributed by atoms with Crippen LogP contribution >= 0.6 is 11.8 Å². The van der Waals surface area contributed by atoms with Crippen molar-refractivity contribution in [3.63, 3.8) is 0 Å². The van der Waals surface area contributed by atoms with Crippen LogP contribution in [-0.4, -0.2) is 95.7 Å². The Kier molecular flexibility index (Phi) is 10.8. The first-order valence-electron chi connectivity index (χ1n) is 15.3. The minimum atomic E-state index is -0.482. The van der Waals surface area contributed by atoms with Gasteiger partial charge in [0.05, 0.1) is 6.10 Å². The molecule has 7 atom stereocenters. The van der Waals surface area contributed by atoms with Crippen LogP contribution in [0.5, 0.6) is 0 Å².